The molecular formula is C15H25N3O2S. The smallest absolute Gasteiger partial charge is 0.315 e. The van der Waals surface area contributed by atoms with Crippen LogP contribution in [0.5, 0.6) is 0 Å². The first kappa shape index (κ1) is 16.2. The number of nitrogens with one attached hydrogen (secondary N) is 2. The number of aromatic nitrogens is 1. The highest BCUT2D eigenvalue weighted by Gasteiger charge is 2.22. The van der Waals surface area contributed by atoms with Gasteiger partial charge in [-0.05, 0) is 31.1 Å². The molecule has 1 aromatic rings. The molecule has 1 aliphatic carbocycles. The van der Waals surface area contributed by atoms with Gasteiger partial charge in [0.05, 0.1) is 17.7 Å². The van der Waals surface area contributed by atoms with Crippen LogP contribution in [0.15, 0.2) is 6.20 Å². The number of hydrogen-bond donors (Lipinski definition) is 3. The molecule has 0 radical (unpaired) electrons. The van der Waals surface area contributed by atoms with Gasteiger partial charge in [0.2, 0.25) is 0 Å². The molecule has 118 valence electrons. The molecule has 1 saturated carbocycles. The van der Waals surface area contributed by atoms with Crippen LogP contribution in [0.4, 0.5) is 4.79 Å². The van der Waals surface area contributed by atoms with Crippen LogP contribution in [-0.4, -0.2) is 28.8 Å². The van der Waals surface area contributed by atoms with Gasteiger partial charge in [0.1, 0.15) is 0 Å². The number of carbonyl (C=O) groups is 1. The van der Waals surface area contributed by atoms with Crippen LogP contribution in [0.1, 0.15) is 43.0 Å². The fourth-order valence-electron chi connectivity index (χ4n) is 2.57. The van der Waals surface area contributed by atoms with Crippen molar-refractivity contribution in [2.24, 2.45) is 11.8 Å². The van der Waals surface area contributed by atoms with E-state index in [1.54, 1.807) is 11.3 Å². The van der Waals surface area contributed by atoms with Crippen LogP contribution in [-0.2, 0) is 13.0 Å². The molecule has 0 spiro atoms. The third-order valence-electron chi connectivity index (χ3n) is 3.67. The molecule has 0 aliphatic heterocycles. The zero-order valence-corrected chi connectivity index (χ0v) is 13.6. The van der Waals surface area contributed by atoms with E-state index in [2.05, 4.69) is 29.5 Å². The van der Waals surface area contributed by atoms with Crippen LogP contribution in [0.3, 0.4) is 0 Å². The van der Waals surface area contributed by atoms with E-state index in [4.69, 9.17) is 0 Å². The molecule has 0 aromatic carbocycles. The predicted molar refractivity (Wildman–Crippen MR) is 84.2 cm³/mol. The second-order valence-electron chi connectivity index (χ2n) is 6.21. The molecule has 1 heterocycles. The van der Waals surface area contributed by atoms with Crippen molar-refractivity contribution in [3.05, 3.63) is 16.1 Å². The number of thiazole rings is 1. The Morgan fingerprint density at radius 3 is 2.95 bits per heavy atom. The van der Waals surface area contributed by atoms with Gasteiger partial charge in [0.15, 0.2) is 0 Å². The molecule has 1 aliphatic rings. The number of amides is 2. The minimum absolute atomic E-state index is 0.143. The van der Waals surface area contributed by atoms with Crippen LogP contribution in [0.2, 0.25) is 0 Å². The summed E-state index contributed by atoms with van der Waals surface area (Å²) in [5.74, 6) is 1.01. The van der Waals surface area contributed by atoms with Gasteiger partial charge in [0, 0.05) is 24.0 Å². The maximum Gasteiger partial charge on any atom is 0.315 e. The van der Waals surface area contributed by atoms with Crippen molar-refractivity contribution < 1.29 is 9.90 Å². The van der Waals surface area contributed by atoms with E-state index < -0.39 is 0 Å². The van der Waals surface area contributed by atoms with Crippen molar-refractivity contribution in [1.29, 1.82) is 0 Å². The number of nitrogens with zero attached hydrogens (tertiary/aromatic N) is 1. The van der Waals surface area contributed by atoms with E-state index in [1.165, 1.54) is 0 Å². The van der Waals surface area contributed by atoms with Crippen molar-refractivity contribution in [2.45, 2.75) is 52.2 Å². The van der Waals surface area contributed by atoms with Crippen LogP contribution in [0, 0.1) is 11.8 Å². The minimum atomic E-state index is -0.184. The van der Waals surface area contributed by atoms with E-state index in [1.807, 2.05) is 6.20 Å². The standard InChI is InChI=1S/C15H25N3O2S/c1-10(2)5-14-16-8-13(21-14)9-18-15(20)17-7-11-3-4-12(19)6-11/h8,10-12,19H,3-7,9H2,1-2H3,(H2,17,18,20)/t11-,12-/m1/s1. The summed E-state index contributed by atoms with van der Waals surface area (Å²) in [6, 6.07) is -0.143. The Labute approximate surface area is 130 Å². The van der Waals surface area contributed by atoms with Crippen molar-refractivity contribution in [3.63, 3.8) is 0 Å². The lowest BCUT2D eigenvalue weighted by Crippen LogP contribution is -2.37. The maximum absolute atomic E-state index is 11.7. The fraction of sp³-hybridized carbons (Fsp3) is 0.733. The first-order valence-corrected chi connectivity index (χ1v) is 8.48. The van der Waals surface area contributed by atoms with E-state index in [0.29, 0.717) is 24.9 Å². The van der Waals surface area contributed by atoms with Crippen molar-refractivity contribution in [1.82, 2.24) is 15.6 Å². The molecule has 0 saturated heterocycles. The number of aliphatic hydroxyl groups is 1. The summed E-state index contributed by atoms with van der Waals surface area (Å²) in [5, 5.41) is 16.3. The maximum atomic E-state index is 11.7. The number of urea groups is 1. The predicted octanol–water partition coefficient (Wildman–Crippen LogP) is 2.30. The zero-order valence-electron chi connectivity index (χ0n) is 12.8. The molecule has 1 fully saturated rings. The summed E-state index contributed by atoms with van der Waals surface area (Å²) in [7, 11) is 0. The highest BCUT2D eigenvalue weighted by molar-refractivity contribution is 7.11. The lowest BCUT2D eigenvalue weighted by atomic mass is 10.1. The summed E-state index contributed by atoms with van der Waals surface area (Å²) in [6.45, 7) is 5.51. The van der Waals surface area contributed by atoms with E-state index in [9.17, 15) is 9.90 Å². The summed E-state index contributed by atoms with van der Waals surface area (Å²) in [4.78, 5) is 17.2. The number of carbonyl (C=O) groups excluding carboxylic acids is 1. The first-order valence-electron chi connectivity index (χ1n) is 7.66. The van der Waals surface area contributed by atoms with Crippen LogP contribution >= 0.6 is 11.3 Å². The Hall–Kier alpha value is -1.14. The van der Waals surface area contributed by atoms with E-state index in [0.717, 1.165) is 35.6 Å². The molecular weight excluding hydrogens is 286 g/mol. The summed E-state index contributed by atoms with van der Waals surface area (Å²) in [6.07, 6.45) is 5.30. The number of rotatable bonds is 6. The highest BCUT2D eigenvalue weighted by Crippen LogP contribution is 2.24. The van der Waals surface area contributed by atoms with Crippen LogP contribution in [0.25, 0.3) is 0 Å². The highest BCUT2D eigenvalue weighted by atomic mass is 32.1. The summed E-state index contributed by atoms with van der Waals surface area (Å²) < 4.78 is 0. The van der Waals surface area contributed by atoms with E-state index in [-0.39, 0.29) is 12.1 Å². The number of hydrogen-bond acceptors (Lipinski definition) is 4. The quantitative estimate of drug-likeness (QED) is 0.754. The SMILES string of the molecule is CC(C)Cc1ncc(CNC(=O)NC[C@@H]2CC[C@@H](O)C2)s1. The third kappa shape index (κ3) is 5.63. The number of aliphatic hydroxyl groups excluding tert-OH is 1. The lowest BCUT2D eigenvalue weighted by molar-refractivity contribution is 0.177. The van der Waals surface area contributed by atoms with Crippen molar-refractivity contribution in [3.8, 4) is 0 Å². The Morgan fingerprint density at radius 2 is 2.29 bits per heavy atom. The van der Waals surface area contributed by atoms with Gasteiger partial charge in [-0.1, -0.05) is 13.8 Å². The Kier molecular flexibility index (Phi) is 5.99. The molecule has 5 nitrogen and oxygen atoms in total. The molecule has 21 heavy (non-hydrogen) atoms. The van der Waals surface area contributed by atoms with Crippen molar-refractivity contribution in [2.75, 3.05) is 6.54 Å². The Balaban J connectivity index is 1.65. The molecule has 2 atom stereocenters. The fourth-order valence-corrected chi connectivity index (χ4v) is 3.65. The minimum Gasteiger partial charge on any atom is -0.393 e. The molecule has 3 N–H and O–H groups in total. The zero-order chi connectivity index (χ0) is 15.2. The van der Waals surface area contributed by atoms with Crippen molar-refractivity contribution >= 4 is 17.4 Å². The average Bonchev–Trinajstić information content (AvgIpc) is 3.02. The Morgan fingerprint density at radius 1 is 1.48 bits per heavy atom. The van der Waals surface area contributed by atoms with Gasteiger partial charge in [-0.25, -0.2) is 9.78 Å². The second kappa shape index (κ2) is 7.75. The molecule has 6 heteroatoms. The largest absolute Gasteiger partial charge is 0.393 e. The monoisotopic (exact) mass is 311 g/mol. The molecule has 1 aromatic heterocycles. The molecule has 0 bridgehead atoms. The van der Waals surface area contributed by atoms with Gasteiger partial charge in [-0.3, -0.25) is 0 Å². The normalized spacial score (nSPS) is 21.7. The second-order valence-corrected chi connectivity index (χ2v) is 7.41. The average molecular weight is 311 g/mol. The summed E-state index contributed by atoms with van der Waals surface area (Å²) >= 11 is 1.66. The molecule has 0 unspecified atom stereocenters. The summed E-state index contributed by atoms with van der Waals surface area (Å²) in [5.41, 5.74) is 0. The first-order chi connectivity index (χ1) is 10.0. The van der Waals surface area contributed by atoms with Gasteiger partial charge < -0.3 is 15.7 Å². The lowest BCUT2D eigenvalue weighted by Gasteiger charge is -2.11. The topological polar surface area (TPSA) is 74.2 Å². The van der Waals surface area contributed by atoms with Gasteiger partial charge in [-0.15, -0.1) is 11.3 Å². The van der Waals surface area contributed by atoms with Gasteiger partial charge in [0.25, 0.3) is 0 Å². The third-order valence-corrected chi connectivity index (χ3v) is 4.69. The van der Waals surface area contributed by atoms with Crippen LogP contribution < -0.4 is 10.6 Å². The Bertz CT molecular complexity index is 462. The van der Waals surface area contributed by atoms with E-state index >= 15 is 0 Å². The molecule has 2 rings (SSSR count). The molecule has 2 amide bonds. The van der Waals surface area contributed by atoms with Gasteiger partial charge in [-0.2, -0.15) is 0 Å². The van der Waals surface area contributed by atoms with Gasteiger partial charge >= 0.3 is 6.03 Å².